The first-order chi connectivity index (χ1) is 21.0. The summed E-state index contributed by atoms with van der Waals surface area (Å²) in [5.41, 5.74) is 13.5. The number of hydrazine groups is 1. The van der Waals surface area contributed by atoms with Gasteiger partial charge < -0.3 is 29.9 Å². The van der Waals surface area contributed by atoms with Crippen molar-refractivity contribution in [3.8, 4) is 11.5 Å². The monoisotopic (exact) mass is 602 g/mol. The zero-order valence-electron chi connectivity index (χ0n) is 25.7. The van der Waals surface area contributed by atoms with Crippen molar-refractivity contribution < 1.29 is 23.9 Å². The van der Waals surface area contributed by atoms with E-state index in [4.69, 9.17) is 15.2 Å². The molecule has 0 aromatic heterocycles. The predicted octanol–water partition coefficient (Wildman–Crippen LogP) is 3.45. The van der Waals surface area contributed by atoms with E-state index in [0.29, 0.717) is 18.8 Å². The minimum atomic E-state index is -0.591. The number of amides is 3. The standard InChI is InChI=1S/C33H42N6O5/c1-33(2,3)44-32(42)37(4)18-9-13-27(40)38-19-8-10-23(20-38)39-21-26(28-29(39)31(41)36-35-30(28)34)22-14-16-25(17-15-22)43-24-11-6-5-7-12-24/h5-7,9,11-17,21,23,28-30,35H,8,10,18-20,34H2,1-4H3,(H,36,41)/b13-9+/t23-,28?,29?,30?/m1/s1. The van der Waals surface area contributed by atoms with Gasteiger partial charge in [-0.3, -0.25) is 15.0 Å². The summed E-state index contributed by atoms with van der Waals surface area (Å²) >= 11 is 0. The van der Waals surface area contributed by atoms with Crippen molar-refractivity contribution >= 4 is 23.5 Å². The molecule has 2 saturated heterocycles. The van der Waals surface area contributed by atoms with Gasteiger partial charge in [-0.2, -0.15) is 0 Å². The number of nitrogens with one attached hydrogen (secondary N) is 2. The van der Waals surface area contributed by atoms with E-state index in [9.17, 15) is 14.4 Å². The summed E-state index contributed by atoms with van der Waals surface area (Å²) in [6.45, 7) is 6.77. The van der Waals surface area contributed by atoms with Gasteiger partial charge in [0, 0.05) is 50.9 Å². The Bertz CT molecular complexity index is 1400. The van der Waals surface area contributed by atoms with Crippen LogP contribution in [0.1, 0.15) is 39.2 Å². The van der Waals surface area contributed by atoms with E-state index in [2.05, 4.69) is 15.8 Å². The third-order valence-electron chi connectivity index (χ3n) is 7.97. The fourth-order valence-corrected chi connectivity index (χ4v) is 5.86. The number of fused-ring (bicyclic) bond motifs is 1. The molecular weight excluding hydrogens is 560 g/mol. The highest BCUT2D eigenvalue weighted by Crippen LogP contribution is 2.41. The van der Waals surface area contributed by atoms with E-state index < -0.39 is 23.9 Å². The van der Waals surface area contributed by atoms with E-state index in [1.54, 1.807) is 18.0 Å². The lowest BCUT2D eigenvalue weighted by molar-refractivity contribution is -0.132. The summed E-state index contributed by atoms with van der Waals surface area (Å²) in [5, 5.41) is 0. The van der Waals surface area contributed by atoms with Crippen LogP contribution >= 0.6 is 0 Å². The van der Waals surface area contributed by atoms with Crippen molar-refractivity contribution in [2.24, 2.45) is 11.7 Å². The van der Waals surface area contributed by atoms with Crippen LogP contribution in [0.4, 0.5) is 4.79 Å². The Morgan fingerprint density at radius 2 is 1.80 bits per heavy atom. The van der Waals surface area contributed by atoms with Gasteiger partial charge in [0.2, 0.25) is 5.91 Å². The molecule has 3 heterocycles. The Hall–Kier alpha value is -4.35. The maximum Gasteiger partial charge on any atom is 0.410 e. The first kappa shape index (κ1) is 31.1. The maximum atomic E-state index is 13.2. The van der Waals surface area contributed by atoms with Gasteiger partial charge in [0.1, 0.15) is 23.1 Å². The van der Waals surface area contributed by atoms with Crippen LogP contribution in [0.2, 0.25) is 0 Å². The van der Waals surface area contributed by atoms with Gasteiger partial charge in [-0.1, -0.05) is 36.4 Å². The Balaban J connectivity index is 1.28. The fourth-order valence-electron chi connectivity index (χ4n) is 5.86. The van der Waals surface area contributed by atoms with Crippen LogP contribution in [-0.2, 0) is 14.3 Å². The van der Waals surface area contributed by atoms with Gasteiger partial charge in [0.15, 0.2) is 0 Å². The number of para-hydroxylation sites is 1. The summed E-state index contributed by atoms with van der Waals surface area (Å²) in [5.74, 6) is 0.901. The molecule has 44 heavy (non-hydrogen) atoms. The second kappa shape index (κ2) is 13.1. The number of nitrogens with two attached hydrogens (primary N) is 1. The minimum absolute atomic E-state index is 0.0627. The van der Waals surface area contributed by atoms with E-state index in [1.807, 2.05) is 81.6 Å². The Kier molecular flexibility index (Phi) is 9.26. The zero-order chi connectivity index (χ0) is 31.4. The van der Waals surface area contributed by atoms with E-state index >= 15 is 0 Å². The maximum absolute atomic E-state index is 13.2. The second-order valence-corrected chi connectivity index (χ2v) is 12.4. The molecule has 0 aliphatic carbocycles. The summed E-state index contributed by atoms with van der Waals surface area (Å²) in [4.78, 5) is 43.9. The lowest BCUT2D eigenvalue weighted by Crippen LogP contribution is -2.67. The molecule has 234 valence electrons. The number of hydrogen-bond acceptors (Lipinski definition) is 8. The number of ether oxygens (including phenoxy) is 2. The molecule has 0 spiro atoms. The van der Waals surface area contributed by atoms with Gasteiger partial charge >= 0.3 is 6.09 Å². The van der Waals surface area contributed by atoms with Crippen LogP contribution in [0.25, 0.3) is 5.57 Å². The Morgan fingerprint density at radius 1 is 1.09 bits per heavy atom. The number of nitrogens with zero attached hydrogens (tertiary/aromatic N) is 3. The SMILES string of the molecule is CN(C/C=C/C(=O)N1CCC[C@@H](N2C=C(c3ccc(Oc4ccccc4)cc3)C3C(N)NNC(=O)C32)C1)C(=O)OC(C)(C)C. The van der Waals surface area contributed by atoms with Crippen LogP contribution in [0.3, 0.4) is 0 Å². The van der Waals surface area contributed by atoms with Crippen molar-refractivity contribution in [2.45, 2.75) is 57.5 Å². The minimum Gasteiger partial charge on any atom is -0.457 e. The lowest BCUT2D eigenvalue weighted by Gasteiger charge is -2.43. The van der Waals surface area contributed by atoms with Crippen LogP contribution in [-0.4, -0.2) is 83.1 Å². The molecule has 2 aromatic carbocycles. The van der Waals surface area contributed by atoms with E-state index in [1.165, 1.54) is 11.0 Å². The molecule has 0 radical (unpaired) electrons. The predicted molar refractivity (Wildman–Crippen MR) is 167 cm³/mol. The molecule has 11 nitrogen and oxygen atoms in total. The molecule has 5 rings (SSSR count). The fraction of sp³-hybridized carbons (Fsp3) is 0.424. The average Bonchev–Trinajstić information content (AvgIpc) is 3.41. The molecule has 0 saturated carbocycles. The molecule has 2 fully saturated rings. The molecule has 4 N–H and O–H groups in total. The number of likely N-dealkylation sites (N-methyl/N-ethyl adjacent to an activating group) is 1. The number of hydrogen-bond donors (Lipinski definition) is 3. The summed E-state index contributed by atoms with van der Waals surface area (Å²) in [6.07, 6.45) is 5.92. The van der Waals surface area contributed by atoms with Crippen molar-refractivity contribution in [3.63, 3.8) is 0 Å². The highest BCUT2D eigenvalue weighted by molar-refractivity contribution is 5.89. The van der Waals surface area contributed by atoms with Crippen molar-refractivity contribution in [2.75, 3.05) is 26.7 Å². The summed E-state index contributed by atoms with van der Waals surface area (Å²) in [7, 11) is 1.63. The van der Waals surface area contributed by atoms with Crippen LogP contribution in [0, 0.1) is 5.92 Å². The summed E-state index contributed by atoms with van der Waals surface area (Å²) in [6, 6.07) is 16.8. The number of benzene rings is 2. The molecule has 2 aromatic rings. The molecule has 4 atom stereocenters. The lowest BCUT2D eigenvalue weighted by atomic mass is 9.86. The molecule has 3 aliphatic heterocycles. The van der Waals surface area contributed by atoms with Crippen molar-refractivity contribution in [3.05, 3.63) is 78.5 Å². The smallest absolute Gasteiger partial charge is 0.410 e. The zero-order valence-corrected chi connectivity index (χ0v) is 25.7. The molecular formula is C33H42N6O5. The van der Waals surface area contributed by atoms with Crippen LogP contribution in [0.15, 0.2) is 72.9 Å². The molecule has 3 unspecified atom stereocenters. The summed E-state index contributed by atoms with van der Waals surface area (Å²) < 4.78 is 11.3. The number of carbonyl (C=O) groups is 3. The number of rotatable bonds is 7. The van der Waals surface area contributed by atoms with Crippen molar-refractivity contribution in [1.82, 2.24) is 25.6 Å². The highest BCUT2D eigenvalue weighted by atomic mass is 16.6. The van der Waals surface area contributed by atoms with Gasteiger partial charge in [-0.25, -0.2) is 10.2 Å². The number of piperidine rings is 1. The first-order valence-corrected chi connectivity index (χ1v) is 15.0. The quantitative estimate of drug-likeness (QED) is 0.411. The largest absolute Gasteiger partial charge is 0.457 e. The van der Waals surface area contributed by atoms with Gasteiger partial charge in [-0.05, 0) is 69.0 Å². The average molecular weight is 603 g/mol. The molecule has 3 amide bonds. The molecule has 3 aliphatic rings. The van der Waals surface area contributed by atoms with E-state index in [-0.39, 0.29) is 30.3 Å². The second-order valence-electron chi connectivity index (χ2n) is 12.4. The molecule has 0 bridgehead atoms. The number of likely N-dealkylation sites (tertiary alicyclic amines) is 1. The third-order valence-corrected chi connectivity index (χ3v) is 7.97. The van der Waals surface area contributed by atoms with E-state index in [0.717, 1.165) is 29.7 Å². The molecule has 11 heteroatoms. The van der Waals surface area contributed by atoms with Gasteiger partial charge in [0.25, 0.3) is 5.91 Å². The van der Waals surface area contributed by atoms with Crippen molar-refractivity contribution in [1.29, 1.82) is 0 Å². The topological polar surface area (TPSA) is 129 Å². The number of carbonyl (C=O) groups excluding carboxylic acids is 3. The highest BCUT2D eigenvalue weighted by Gasteiger charge is 2.49. The Morgan fingerprint density at radius 3 is 2.50 bits per heavy atom. The van der Waals surface area contributed by atoms with Gasteiger partial charge in [0.05, 0.1) is 6.17 Å². The van der Waals surface area contributed by atoms with Gasteiger partial charge in [-0.15, -0.1) is 0 Å². The van der Waals surface area contributed by atoms with Crippen LogP contribution in [0.5, 0.6) is 11.5 Å². The first-order valence-electron chi connectivity index (χ1n) is 15.0. The third kappa shape index (κ3) is 7.23. The Labute approximate surface area is 258 Å². The van der Waals surface area contributed by atoms with Crippen LogP contribution < -0.4 is 21.3 Å². The normalized spacial score (nSPS) is 23.6.